The van der Waals surface area contributed by atoms with Crippen molar-refractivity contribution in [2.45, 2.75) is 32.9 Å². The molecule has 1 heterocycles. The summed E-state index contributed by atoms with van der Waals surface area (Å²) in [6.07, 6.45) is -2.41. The van der Waals surface area contributed by atoms with E-state index in [2.05, 4.69) is 25.3 Å². The van der Waals surface area contributed by atoms with Crippen LogP contribution in [0.15, 0.2) is 41.7 Å². The van der Waals surface area contributed by atoms with Crippen LogP contribution in [0.25, 0.3) is 0 Å². The van der Waals surface area contributed by atoms with Gasteiger partial charge < -0.3 is 15.4 Å². The van der Waals surface area contributed by atoms with E-state index in [1.165, 1.54) is 24.4 Å². The van der Waals surface area contributed by atoms with Gasteiger partial charge in [0.1, 0.15) is 11.6 Å². The van der Waals surface area contributed by atoms with Crippen molar-refractivity contribution in [3.63, 3.8) is 0 Å². The highest BCUT2D eigenvalue weighted by molar-refractivity contribution is 5.79. The Morgan fingerprint density at radius 1 is 1.26 bits per heavy atom. The van der Waals surface area contributed by atoms with E-state index in [1.54, 1.807) is 13.0 Å². The Balaban J connectivity index is 2.08. The van der Waals surface area contributed by atoms with Gasteiger partial charge in [0.25, 0.3) is 0 Å². The van der Waals surface area contributed by atoms with E-state index in [0.717, 1.165) is 6.20 Å². The molecule has 0 aliphatic carbocycles. The van der Waals surface area contributed by atoms with Crippen molar-refractivity contribution >= 4 is 5.96 Å². The number of nitrogens with one attached hydrogen (secondary N) is 2. The number of rotatable bonds is 7. The number of imidazole rings is 1. The van der Waals surface area contributed by atoms with Gasteiger partial charge in [0.15, 0.2) is 5.96 Å². The predicted molar refractivity (Wildman–Crippen MR) is 88.3 cm³/mol. The Morgan fingerprint density at radius 2 is 2.00 bits per heavy atom. The highest BCUT2D eigenvalue weighted by Crippen LogP contribution is 2.26. The summed E-state index contributed by atoms with van der Waals surface area (Å²) in [6, 6.07) is 5.63. The summed E-state index contributed by atoms with van der Waals surface area (Å²) in [7, 11) is 0. The maximum Gasteiger partial charge on any atom is 0.573 e. The molecule has 2 aromatic rings. The average molecular weight is 391 g/mol. The second-order valence-electron chi connectivity index (χ2n) is 5.23. The van der Waals surface area contributed by atoms with Crippen LogP contribution in [0.5, 0.6) is 5.75 Å². The van der Waals surface area contributed by atoms with Crippen molar-refractivity contribution in [3.8, 4) is 5.75 Å². The number of alkyl halides is 5. The number of halogens is 5. The van der Waals surface area contributed by atoms with Gasteiger partial charge in [0.05, 0.1) is 13.1 Å². The molecule has 0 amide bonds. The Morgan fingerprint density at radius 3 is 2.67 bits per heavy atom. The zero-order valence-corrected chi connectivity index (χ0v) is 14.3. The minimum absolute atomic E-state index is 0.0378. The van der Waals surface area contributed by atoms with Gasteiger partial charge in [-0.3, -0.25) is 4.57 Å². The fourth-order valence-electron chi connectivity index (χ4n) is 2.19. The van der Waals surface area contributed by atoms with Gasteiger partial charge in [0.2, 0.25) is 0 Å². The summed E-state index contributed by atoms with van der Waals surface area (Å²) in [5.41, 5.74) is 0.223. The van der Waals surface area contributed by atoms with Crippen LogP contribution in [0.4, 0.5) is 22.0 Å². The van der Waals surface area contributed by atoms with E-state index in [4.69, 9.17) is 0 Å². The number of guanidine groups is 1. The van der Waals surface area contributed by atoms with Crippen LogP contribution >= 0.6 is 0 Å². The molecule has 2 N–H and O–H groups in total. The molecular formula is C16H18F5N5O. The first kappa shape index (κ1) is 20.5. The third-order valence-electron chi connectivity index (χ3n) is 3.32. The van der Waals surface area contributed by atoms with Crippen molar-refractivity contribution < 1.29 is 26.7 Å². The third kappa shape index (κ3) is 6.42. The molecule has 0 radical (unpaired) electrons. The van der Waals surface area contributed by atoms with Gasteiger partial charge in [-0.05, 0) is 13.0 Å². The normalized spacial score (nSPS) is 12.3. The van der Waals surface area contributed by atoms with Crippen molar-refractivity contribution in [2.75, 3.05) is 6.54 Å². The van der Waals surface area contributed by atoms with Gasteiger partial charge in [-0.25, -0.2) is 9.98 Å². The fraction of sp³-hybridized carbons (Fsp3) is 0.375. The minimum atomic E-state index is -4.81. The molecular weight excluding hydrogens is 373 g/mol. The molecule has 0 aliphatic heterocycles. The number of nitrogens with zero attached hydrogens (tertiary/aromatic N) is 3. The highest BCUT2D eigenvalue weighted by Gasteiger charge is 2.31. The number of hydrogen-bond acceptors (Lipinski definition) is 3. The van der Waals surface area contributed by atoms with Crippen LogP contribution in [0, 0.1) is 0 Å². The summed E-state index contributed by atoms with van der Waals surface area (Å²) in [6.45, 7) is -0.613. The first-order valence-corrected chi connectivity index (χ1v) is 7.96. The van der Waals surface area contributed by atoms with Crippen LogP contribution in [0.2, 0.25) is 0 Å². The van der Waals surface area contributed by atoms with Crippen LogP contribution in [-0.4, -0.2) is 28.4 Å². The van der Waals surface area contributed by atoms with Crippen LogP contribution in [-0.2, 0) is 13.1 Å². The zero-order chi connectivity index (χ0) is 19.9. The average Bonchev–Trinajstić information content (AvgIpc) is 3.06. The van der Waals surface area contributed by atoms with Gasteiger partial charge in [-0.2, -0.15) is 8.78 Å². The van der Waals surface area contributed by atoms with Crippen LogP contribution < -0.4 is 15.4 Å². The van der Waals surface area contributed by atoms with Gasteiger partial charge in [-0.1, -0.05) is 18.2 Å². The number of para-hydroxylation sites is 1. The quantitative estimate of drug-likeness (QED) is 0.431. The second-order valence-corrected chi connectivity index (χ2v) is 5.23. The lowest BCUT2D eigenvalue weighted by molar-refractivity contribution is -0.274. The molecule has 0 unspecified atom stereocenters. The van der Waals surface area contributed by atoms with Crippen molar-refractivity contribution in [2.24, 2.45) is 4.99 Å². The summed E-state index contributed by atoms with van der Waals surface area (Å²) < 4.78 is 67.7. The van der Waals surface area contributed by atoms with E-state index in [9.17, 15) is 22.0 Å². The highest BCUT2D eigenvalue weighted by atomic mass is 19.4. The smallest absolute Gasteiger partial charge is 0.405 e. The Labute approximate surface area is 152 Å². The number of ether oxygens (including phenoxy) is 1. The molecule has 0 aliphatic rings. The number of hydrogen-bond donors (Lipinski definition) is 2. The molecule has 0 spiro atoms. The maximum atomic E-state index is 12.8. The molecule has 0 fully saturated rings. The first-order valence-electron chi connectivity index (χ1n) is 7.96. The molecule has 11 heteroatoms. The summed E-state index contributed by atoms with van der Waals surface area (Å²) >= 11 is 0. The molecule has 0 bridgehead atoms. The molecule has 6 nitrogen and oxygen atoms in total. The fourth-order valence-corrected chi connectivity index (χ4v) is 2.19. The number of benzene rings is 1. The lowest BCUT2D eigenvalue weighted by atomic mass is 10.2. The Kier molecular flexibility index (Phi) is 6.97. The van der Waals surface area contributed by atoms with Crippen LogP contribution in [0.1, 0.15) is 24.9 Å². The molecule has 0 atom stereocenters. The van der Waals surface area contributed by atoms with E-state index in [1.807, 2.05) is 0 Å². The molecule has 148 valence electrons. The number of aromatic nitrogens is 2. The first-order chi connectivity index (χ1) is 12.8. The lowest BCUT2D eigenvalue weighted by Crippen LogP contribution is -2.37. The Hall–Kier alpha value is -2.85. The summed E-state index contributed by atoms with van der Waals surface area (Å²) in [4.78, 5) is 8.01. The van der Waals surface area contributed by atoms with Gasteiger partial charge in [-0.15, -0.1) is 13.2 Å². The molecule has 0 saturated heterocycles. The second kappa shape index (κ2) is 9.19. The molecule has 2 rings (SSSR count). The topological polar surface area (TPSA) is 63.5 Å². The summed E-state index contributed by atoms with van der Waals surface area (Å²) in [5.74, 6) is -0.0163. The lowest BCUT2D eigenvalue weighted by Gasteiger charge is -2.14. The van der Waals surface area contributed by atoms with E-state index in [-0.39, 0.29) is 36.2 Å². The predicted octanol–water partition coefficient (Wildman–Crippen LogP) is 3.43. The molecule has 27 heavy (non-hydrogen) atoms. The van der Waals surface area contributed by atoms with Crippen molar-refractivity contribution in [1.29, 1.82) is 0 Å². The van der Waals surface area contributed by atoms with Crippen molar-refractivity contribution in [3.05, 3.63) is 48.0 Å². The number of aliphatic imine (C=N–C) groups is 1. The van der Waals surface area contributed by atoms with Crippen LogP contribution in [0.3, 0.4) is 0 Å². The Bertz CT molecular complexity index is 760. The zero-order valence-electron chi connectivity index (χ0n) is 14.3. The molecule has 1 aromatic carbocycles. The van der Waals surface area contributed by atoms with Gasteiger partial charge in [0, 0.05) is 24.5 Å². The third-order valence-corrected chi connectivity index (χ3v) is 3.32. The largest absolute Gasteiger partial charge is 0.573 e. The van der Waals surface area contributed by atoms with Crippen molar-refractivity contribution in [1.82, 2.24) is 20.2 Å². The summed E-state index contributed by atoms with van der Waals surface area (Å²) in [5, 5.41) is 5.70. The minimum Gasteiger partial charge on any atom is -0.405 e. The molecule has 1 aromatic heterocycles. The standard InChI is InChI=1S/C16H18F5N5O/c1-2-22-15(25-10-13-23-7-8-26(13)14(17)18)24-9-11-5-3-4-6-12(11)27-16(19,20)21/h3-8,14H,2,9-10H2,1H3,(H2,22,24,25). The monoisotopic (exact) mass is 391 g/mol. The SMILES string of the molecule is CCNC(=NCc1ccccc1OC(F)(F)F)NCc1nccn1C(F)F. The maximum absolute atomic E-state index is 12.8. The van der Waals surface area contributed by atoms with E-state index >= 15 is 0 Å². The van der Waals surface area contributed by atoms with E-state index in [0.29, 0.717) is 11.1 Å². The molecule has 0 saturated carbocycles. The van der Waals surface area contributed by atoms with E-state index < -0.39 is 12.9 Å². The van der Waals surface area contributed by atoms with Gasteiger partial charge >= 0.3 is 12.9 Å².